The molecule has 0 radical (unpaired) electrons. The highest BCUT2D eigenvalue weighted by Gasteiger charge is 2.14. The number of nitrogens with zero attached hydrogens (tertiary/aromatic N) is 4. The first kappa shape index (κ1) is 15.4. The predicted molar refractivity (Wildman–Crippen MR) is 87.0 cm³/mol. The van der Waals surface area contributed by atoms with Crippen LogP contribution in [0, 0.1) is 0 Å². The van der Waals surface area contributed by atoms with Crippen LogP contribution in [-0.2, 0) is 0 Å². The van der Waals surface area contributed by atoms with Crippen molar-refractivity contribution in [1.82, 2.24) is 19.9 Å². The van der Waals surface area contributed by atoms with Crippen molar-refractivity contribution in [2.45, 2.75) is 0 Å². The van der Waals surface area contributed by atoms with Gasteiger partial charge in [-0.3, -0.25) is 0 Å². The molecular weight excluding hydrogens is 308 g/mol. The second kappa shape index (κ2) is 7.19. The van der Waals surface area contributed by atoms with Crippen LogP contribution in [0.5, 0.6) is 23.1 Å². The van der Waals surface area contributed by atoms with Crippen LogP contribution in [0.2, 0.25) is 0 Å². The zero-order chi connectivity index (χ0) is 16.8. The zero-order valence-electron chi connectivity index (χ0n) is 12.9. The Kier molecular flexibility index (Phi) is 4.62. The van der Waals surface area contributed by atoms with Crippen molar-refractivity contribution in [3.63, 3.8) is 0 Å². The van der Waals surface area contributed by atoms with Crippen LogP contribution in [0.4, 0.5) is 0 Å². The molecule has 0 unspecified atom stereocenters. The fourth-order valence-corrected chi connectivity index (χ4v) is 1.93. The van der Waals surface area contributed by atoms with Gasteiger partial charge in [0.15, 0.2) is 17.3 Å². The minimum absolute atomic E-state index is 0.202. The molecule has 24 heavy (non-hydrogen) atoms. The summed E-state index contributed by atoms with van der Waals surface area (Å²) in [4.78, 5) is 16.7. The topological polar surface area (TPSA) is 79.3 Å². The number of para-hydroxylation sites is 2. The molecule has 0 amide bonds. The fraction of sp³-hybridized carbons (Fsp3) is 0.0588. The maximum Gasteiger partial charge on any atom is 0.266 e. The van der Waals surface area contributed by atoms with Gasteiger partial charge in [-0.25, -0.2) is 15.0 Å². The van der Waals surface area contributed by atoms with Crippen molar-refractivity contribution < 1.29 is 14.2 Å². The number of rotatable bonds is 6. The number of benzene rings is 1. The van der Waals surface area contributed by atoms with Crippen LogP contribution >= 0.6 is 0 Å². The second-order valence-corrected chi connectivity index (χ2v) is 4.47. The molecule has 0 spiro atoms. The molecule has 0 fully saturated rings. The van der Waals surface area contributed by atoms with Gasteiger partial charge in [-0.05, 0) is 18.2 Å². The van der Waals surface area contributed by atoms with Gasteiger partial charge in [0.25, 0.3) is 5.88 Å². The van der Waals surface area contributed by atoms with Crippen molar-refractivity contribution in [1.29, 1.82) is 0 Å². The highest BCUT2D eigenvalue weighted by atomic mass is 16.5. The minimum Gasteiger partial charge on any atom is -0.493 e. The normalized spacial score (nSPS) is 10.0. The van der Waals surface area contributed by atoms with Gasteiger partial charge in [-0.2, -0.15) is 4.98 Å². The molecule has 7 heteroatoms. The fourth-order valence-electron chi connectivity index (χ4n) is 1.93. The van der Waals surface area contributed by atoms with Crippen molar-refractivity contribution >= 4 is 0 Å². The Balaban J connectivity index is 1.97. The largest absolute Gasteiger partial charge is 0.493 e. The molecule has 3 rings (SSSR count). The van der Waals surface area contributed by atoms with Crippen LogP contribution in [0.25, 0.3) is 11.6 Å². The average molecular weight is 322 g/mol. The summed E-state index contributed by atoms with van der Waals surface area (Å²) in [5, 5.41) is 0. The summed E-state index contributed by atoms with van der Waals surface area (Å²) in [6.45, 7) is 3.55. The van der Waals surface area contributed by atoms with Gasteiger partial charge in [0, 0.05) is 12.4 Å². The van der Waals surface area contributed by atoms with Gasteiger partial charge in [-0.1, -0.05) is 18.7 Å². The van der Waals surface area contributed by atoms with E-state index in [2.05, 4.69) is 26.5 Å². The molecule has 7 nitrogen and oxygen atoms in total. The summed E-state index contributed by atoms with van der Waals surface area (Å²) in [7, 11) is 1.57. The third kappa shape index (κ3) is 3.30. The van der Waals surface area contributed by atoms with Gasteiger partial charge >= 0.3 is 0 Å². The number of ether oxygens (including phenoxy) is 3. The Morgan fingerprint density at radius 1 is 0.917 bits per heavy atom. The summed E-state index contributed by atoms with van der Waals surface area (Å²) in [5.41, 5.74) is 0. The van der Waals surface area contributed by atoms with E-state index in [1.165, 1.54) is 12.5 Å². The summed E-state index contributed by atoms with van der Waals surface area (Å²) >= 11 is 0. The summed E-state index contributed by atoms with van der Waals surface area (Å²) < 4.78 is 16.4. The molecule has 2 heterocycles. The highest BCUT2D eigenvalue weighted by molar-refractivity contribution is 5.49. The molecule has 120 valence electrons. The summed E-state index contributed by atoms with van der Waals surface area (Å²) in [5.74, 6) is 2.32. The van der Waals surface area contributed by atoms with Gasteiger partial charge < -0.3 is 14.2 Å². The van der Waals surface area contributed by atoms with Crippen LogP contribution in [0.1, 0.15) is 0 Å². The Morgan fingerprint density at radius 2 is 1.67 bits per heavy atom. The van der Waals surface area contributed by atoms with E-state index in [1.807, 2.05) is 12.1 Å². The summed E-state index contributed by atoms with van der Waals surface area (Å²) in [6, 6.07) is 8.95. The van der Waals surface area contributed by atoms with Gasteiger partial charge in [-0.15, -0.1) is 0 Å². The third-order valence-corrected chi connectivity index (χ3v) is 2.97. The van der Waals surface area contributed by atoms with Gasteiger partial charge in [0.05, 0.1) is 19.6 Å². The lowest BCUT2D eigenvalue weighted by Crippen LogP contribution is -1.99. The lowest BCUT2D eigenvalue weighted by Gasteiger charge is -2.12. The van der Waals surface area contributed by atoms with Gasteiger partial charge in [0.2, 0.25) is 11.6 Å². The van der Waals surface area contributed by atoms with Crippen LogP contribution < -0.4 is 14.2 Å². The molecule has 0 aliphatic carbocycles. The molecule has 1 aromatic carbocycles. The Hall–Kier alpha value is -3.48. The number of hydrogen-bond donors (Lipinski definition) is 0. The molecule has 0 bridgehead atoms. The number of methoxy groups -OCH3 is 1. The first-order chi connectivity index (χ1) is 11.8. The molecule has 0 saturated heterocycles. The van der Waals surface area contributed by atoms with E-state index < -0.39 is 0 Å². The minimum atomic E-state index is 0.202. The third-order valence-electron chi connectivity index (χ3n) is 2.97. The quantitative estimate of drug-likeness (QED) is 0.644. The van der Waals surface area contributed by atoms with E-state index in [1.54, 1.807) is 37.7 Å². The molecule has 0 atom stereocenters. The van der Waals surface area contributed by atoms with Crippen LogP contribution in [0.3, 0.4) is 0 Å². The van der Waals surface area contributed by atoms with Crippen LogP contribution in [-0.4, -0.2) is 27.0 Å². The first-order valence-electron chi connectivity index (χ1n) is 7.04. The maximum absolute atomic E-state index is 5.81. The molecule has 3 aromatic rings. The average Bonchev–Trinajstić information content (AvgIpc) is 2.64. The van der Waals surface area contributed by atoms with Crippen molar-refractivity contribution in [3.05, 3.63) is 61.8 Å². The van der Waals surface area contributed by atoms with E-state index in [4.69, 9.17) is 14.2 Å². The molecule has 0 aliphatic heterocycles. The molecule has 0 saturated carbocycles. The zero-order valence-corrected chi connectivity index (χ0v) is 12.9. The van der Waals surface area contributed by atoms with Gasteiger partial charge in [0.1, 0.15) is 0 Å². The van der Waals surface area contributed by atoms with Crippen molar-refractivity contribution in [2.75, 3.05) is 7.11 Å². The second-order valence-electron chi connectivity index (χ2n) is 4.47. The molecular formula is C17H14N4O3. The van der Waals surface area contributed by atoms with E-state index >= 15 is 0 Å². The van der Waals surface area contributed by atoms with Crippen molar-refractivity contribution in [3.8, 4) is 34.8 Å². The standard InChI is InChI=1S/C17H14N4O3/c1-3-23-17-14(24-13-8-5-4-7-12(13)22-2)11-20-16(21-17)15-18-9-6-10-19-15/h3-11H,1H2,2H3. The number of aromatic nitrogens is 4. The Morgan fingerprint density at radius 3 is 2.38 bits per heavy atom. The lowest BCUT2D eigenvalue weighted by molar-refractivity contribution is 0.363. The molecule has 0 aliphatic rings. The Labute approximate surface area is 138 Å². The first-order valence-corrected chi connectivity index (χ1v) is 7.04. The summed E-state index contributed by atoms with van der Waals surface area (Å²) in [6.07, 6.45) is 5.97. The molecule has 0 N–H and O–H groups in total. The molecule has 2 aromatic heterocycles. The SMILES string of the molecule is C=COc1nc(-c2ncccn2)ncc1Oc1ccccc1OC. The van der Waals surface area contributed by atoms with E-state index in [-0.39, 0.29) is 5.88 Å². The van der Waals surface area contributed by atoms with Crippen molar-refractivity contribution in [2.24, 2.45) is 0 Å². The lowest BCUT2D eigenvalue weighted by atomic mass is 10.3. The van der Waals surface area contributed by atoms with E-state index in [0.29, 0.717) is 28.9 Å². The van der Waals surface area contributed by atoms with Crippen LogP contribution in [0.15, 0.2) is 61.8 Å². The smallest absolute Gasteiger partial charge is 0.266 e. The van der Waals surface area contributed by atoms with E-state index in [0.717, 1.165) is 0 Å². The monoisotopic (exact) mass is 322 g/mol. The maximum atomic E-state index is 5.81. The highest BCUT2D eigenvalue weighted by Crippen LogP contribution is 2.35. The predicted octanol–water partition coefficient (Wildman–Crippen LogP) is 3.26. The van der Waals surface area contributed by atoms with E-state index in [9.17, 15) is 0 Å². The number of hydrogen-bond acceptors (Lipinski definition) is 7. The Bertz CT molecular complexity index is 840.